The van der Waals surface area contributed by atoms with Crippen LogP contribution in [0.3, 0.4) is 0 Å². The van der Waals surface area contributed by atoms with Gasteiger partial charge in [0.1, 0.15) is 0 Å². The van der Waals surface area contributed by atoms with Crippen molar-refractivity contribution in [3.05, 3.63) is 17.0 Å². The third-order valence-corrected chi connectivity index (χ3v) is 2.37. The van der Waals surface area contributed by atoms with Crippen LogP contribution in [-0.4, -0.2) is 53.0 Å². The van der Waals surface area contributed by atoms with Crippen LogP contribution in [0.5, 0.6) is 0 Å². The summed E-state index contributed by atoms with van der Waals surface area (Å²) < 4.78 is 31.6. The SMILES string of the molecule is CC1=C[C@@H]2CN(C(=O)[N-]2)[C@@H]1C(N)=O.O=S(=O)(O)O.[Na+]. The van der Waals surface area contributed by atoms with Crippen molar-refractivity contribution in [3.63, 3.8) is 0 Å². The van der Waals surface area contributed by atoms with Crippen molar-refractivity contribution in [2.24, 2.45) is 5.73 Å². The van der Waals surface area contributed by atoms with Gasteiger partial charge in [0, 0.05) is 0 Å². The van der Waals surface area contributed by atoms with Gasteiger partial charge in [0.2, 0.25) is 5.91 Å². The van der Waals surface area contributed by atoms with Crippen LogP contribution in [0, 0.1) is 0 Å². The Balaban J connectivity index is 0.000000471. The number of rotatable bonds is 1. The monoisotopic (exact) mass is 301 g/mol. The molecule has 2 bridgehead atoms. The van der Waals surface area contributed by atoms with E-state index in [1.807, 2.05) is 6.08 Å². The van der Waals surface area contributed by atoms with E-state index in [0.29, 0.717) is 6.54 Å². The molecule has 3 amide bonds. The predicted octanol–water partition coefficient (Wildman–Crippen LogP) is -3.67. The second kappa shape index (κ2) is 6.68. The van der Waals surface area contributed by atoms with Crippen LogP contribution in [0.15, 0.2) is 11.6 Å². The number of primary amides is 1. The molecule has 2 aliphatic heterocycles. The van der Waals surface area contributed by atoms with E-state index in [1.54, 1.807) is 6.92 Å². The molecule has 0 saturated carbocycles. The number of hydrogen-bond acceptors (Lipinski definition) is 4. The number of nitrogens with zero attached hydrogens (tertiary/aromatic N) is 2. The Kier molecular flexibility index (Phi) is 6.45. The van der Waals surface area contributed by atoms with Gasteiger partial charge < -0.3 is 16.0 Å². The topological polar surface area (TPSA) is 152 Å². The van der Waals surface area contributed by atoms with Gasteiger partial charge in [-0.2, -0.15) is 8.42 Å². The number of urea groups is 1. The maximum absolute atomic E-state index is 11.2. The molecule has 0 spiro atoms. The van der Waals surface area contributed by atoms with Crippen LogP contribution < -0.4 is 35.3 Å². The van der Waals surface area contributed by atoms with E-state index in [-0.39, 0.29) is 41.6 Å². The molecule has 0 radical (unpaired) electrons. The molecule has 2 rings (SSSR count). The normalized spacial score (nSPS) is 24.5. The maximum atomic E-state index is 11.2. The fourth-order valence-electron chi connectivity index (χ4n) is 1.86. The number of nitrogens with two attached hydrogens (primary N) is 1. The van der Waals surface area contributed by atoms with Gasteiger partial charge >= 0.3 is 40.0 Å². The molecule has 2 heterocycles. The molecule has 1 fully saturated rings. The summed E-state index contributed by atoms with van der Waals surface area (Å²) in [6.45, 7) is 2.28. The average molecular weight is 301 g/mol. The molecule has 0 aliphatic carbocycles. The van der Waals surface area contributed by atoms with Gasteiger partial charge in [-0.05, 0) is 19.5 Å². The summed E-state index contributed by atoms with van der Waals surface area (Å²) in [4.78, 5) is 23.7. The summed E-state index contributed by atoms with van der Waals surface area (Å²) in [6.07, 6.45) is 1.83. The molecule has 2 atom stereocenters. The minimum atomic E-state index is -4.67. The van der Waals surface area contributed by atoms with Gasteiger partial charge in [-0.25, -0.2) is 0 Å². The first-order valence-corrected chi connectivity index (χ1v) is 6.18. The third kappa shape index (κ3) is 5.47. The summed E-state index contributed by atoms with van der Waals surface area (Å²) in [5, 5.41) is 3.84. The Morgan fingerprint density at radius 1 is 1.53 bits per heavy atom. The van der Waals surface area contributed by atoms with Crippen LogP contribution in [0.4, 0.5) is 4.79 Å². The van der Waals surface area contributed by atoms with E-state index in [4.69, 9.17) is 23.3 Å². The fourth-order valence-corrected chi connectivity index (χ4v) is 1.86. The van der Waals surface area contributed by atoms with Crippen molar-refractivity contribution >= 4 is 22.3 Å². The molecule has 4 N–H and O–H groups in total. The molecule has 9 nitrogen and oxygen atoms in total. The second-order valence-electron chi connectivity index (χ2n) is 3.79. The first kappa shape index (κ1) is 18.4. The van der Waals surface area contributed by atoms with Gasteiger partial charge in [-0.1, -0.05) is 11.6 Å². The van der Waals surface area contributed by atoms with Crippen molar-refractivity contribution in [3.8, 4) is 0 Å². The smallest absolute Gasteiger partial charge is 0.423 e. The number of fused-ring (bicyclic) bond motifs is 2. The van der Waals surface area contributed by atoms with Crippen molar-refractivity contribution in [2.45, 2.75) is 19.0 Å². The van der Waals surface area contributed by atoms with E-state index < -0.39 is 22.3 Å². The van der Waals surface area contributed by atoms with Gasteiger partial charge in [-0.3, -0.25) is 18.7 Å². The first-order valence-electron chi connectivity index (χ1n) is 4.78. The van der Waals surface area contributed by atoms with E-state index in [0.717, 1.165) is 5.57 Å². The van der Waals surface area contributed by atoms with E-state index >= 15 is 0 Å². The van der Waals surface area contributed by atoms with Crippen molar-refractivity contribution in [2.75, 3.05) is 6.54 Å². The minimum absolute atomic E-state index is 0. The molecule has 0 aromatic heterocycles. The van der Waals surface area contributed by atoms with Crippen molar-refractivity contribution in [1.82, 2.24) is 4.90 Å². The minimum Gasteiger partial charge on any atom is -0.423 e. The first-order chi connectivity index (χ1) is 8.09. The zero-order valence-electron chi connectivity index (χ0n) is 10.3. The van der Waals surface area contributed by atoms with E-state index in [9.17, 15) is 9.59 Å². The van der Waals surface area contributed by atoms with Crippen LogP contribution in [0.1, 0.15) is 6.92 Å². The van der Waals surface area contributed by atoms with Crippen LogP contribution >= 0.6 is 0 Å². The molecular weight excluding hydrogens is 289 g/mol. The Labute approximate surface area is 132 Å². The molecule has 0 unspecified atom stereocenters. The number of carbonyl (C=O) groups is 2. The average Bonchev–Trinajstić information content (AvgIpc) is 2.38. The molecule has 0 aromatic rings. The molecule has 19 heavy (non-hydrogen) atoms. The zero-order valence-corrected chi connectivity index (χ0v) is 13.2. The molecule has 11 heteroatoms. The number of carbonyl (C=O) groups excluding carboxylic acids is 2. The molecule has 0 aromatic carbocycles. The quantitative estimate of drug-likeness (QED) is 0.258. The van der Waals surface area contributed by atoms with Crippen LogP contribution in [0.2, 0.25) is 0 Å². The van der Waals surface area contributed by atoms with E-state index in [2.05, 4.69) is 5.32 Å². The summed E-state index contributed by atoms with van der Waals surface area (Å²) in [5.41, 5.74) is 6.01. The second-order valence-corrected chi connectivity index (χ2v) is 4.69. The summed E-state index contributed by atoms with van der Waals surface area (Å²) in [7, 11) is -4.67. The third-order valence-electron chi connectivity index (χ3n) is 2.37. The van der Waals surface area contributed by atoms with Gasteiger partial charge in [-0.15, -0.1) is 0 Å². The largest absolute Gasteiger partial charge is 1.00 e. The Morgan fingerprint density at radius 3 is 2.42 bits per heavy atom. The summed E-state index contributed by atoms with van der Waals surface area (Å²) in [5.74, 6) is -0.488. The number of amides is 3. The molecule has 2 aliphatic rings. The summed E-state index contributed by atoms with van der Waals surface area (Å²) in [6, 6.07) is -1.00. The Hall–Kier alpha value is -0.650. The van der Waals surface area contributed by atoms with Gasteiger partial charge in [0.15, 0.2) is 6.03 Å². The van der Waals surface area contributed by atoms with Crippen molar-refractivity contribution in [1.29, 1.82) is 0 Å². The Morgan fingerprint density at radius 2 is 2.00 bits per heavy atom. The number of hydrogen-bond donors (Lipinski definition) is 3. The van der Waals surface area contributed by atoms with Gasteiger partial charge in [0.25, 0.3) is 0 Å². The molecular formula is C8H12N3NaO6S. The maximum Gasteiger partial charge on any atom is 1.00 e. The van der Waals surface area contributed by atoms with Gasteiger partial charge in [0.05, 0.1) is 6.04 Å². The van der Waals surface area contributed by atoms with Crippen molar-refractivity contribution < 1.29 is 56.7 Å². The standard InChI is InChI=1S/C8H11N3O2.Na.H2O4S/c1-4-2-5-3-11(8(13)10-5)6(4)7(9)12;;1-5(2,3)4/h2,5-6H,3H2,1H3,(H3,9,10,12,13);;(H2,1,2,3,4)/q;+1;/p-1/t5-,6+;;/m1../s1. The fraction of sp³-hybridized carbons (Fsp3) is 0.500. The van der Waals surface area contributed by atoms with Crippen LogP contribution in [0.25, 0.3) is 5.32 Å². The molecule has 1 saturated heterocycles. The van der Waals surface area contributed by atoms with Crippen LogP contribution in [-0.2, 0) is 15.2 Å². The predicted molar refractivity (Wildman–Crippen MR) is 60.2 cm³/mol. The van der Waals surface area contributed by atoms with E-state index in [1.165, 1.54) is 4.90 Å². The summed E-state index contributed by atoms with van der Waals surface area (Å²) >= 11 is 0. The molecule has 102 valence electrons. The zero-order chi connectivity index (χ0) is 14.1. The Bertz CT molecular complexity index is 497.